The van der Waals surface area contributed by atoms with Crippen LogP contribution >= 0.6 is 0 Å². The predicted octanol–water partition coefficient (Wildman–Crippen LogP) is 9.34. The van der Waals surface area contributed by atoms with Crippen molar-refractivity contribution >= 4 is 16.9 Å². The molecule has 0 saturated heterocycles. The van der Waals surface area contributed by atoms with Gasteiger partial charge in [0.05, 0.1) is 6.61 Å². The van der Waals surface area contributed by atoms with Gasteiger partial charge in [0.15, 0.2) is 0 Å². The van der Waals surface area contributed by atoms with Gasteiger partial charge in [-0.2, -0.15) is 0 Å². The number of aromatic nitrogens is 1. The quantitative estimate of drug-likeness (QED) is 0.108. The van der Waals surface area contributed by atoms with Crippen LogP contribution in [0.4, 0.5) is 0 Å². The third kappa shape index (κ3) is 12.3. The van der Waals surface area contributed by atoms with E-state index in [-0.39, 0.29) is 5.97 Å². The summed E-state index contributed by atoms with van der Waals surface area (Å²) < 4.78 is 7.38. The van der Waals surface area contributed by atoms with Crippen molar-refractivity contribution in [2.45, 2.75) is 117 Å². The smallest absolute Gasteiger partial charge is 0.305 e. The summed E-state index contributed by atoms with van der Waals surface area (Å²) in [4.78, 5) is 11.6. The molecule has 0 fully saturated rings. The zero-order chi connectivity index (χ0) is 25.0. The molecule has 0 unspecified atom stereocenters. The number of benzene rings is 1. The van der Waals surface area contributed by atoms with Crippen LogP contribution in [0.3, 0.4) is 0 Å². The number of para-hydroxylation sites is 1. The van der Waals surface area contributed by atoms with E-state index < -0.39 is 0 Å². The van der Waals surface area contributed by atoms with Crippen LogP contribution in [0.2, 0.25) is 0 Å². The predicted molar refractivity (Wildman–Crippen MR) is 151 cm³/mol. The standard InChI is InChI=1S/C32H49NO2/c1-3-5-6-7-8-9-10-11-12-13-14-15-16-17-18-19-23-29-28-33(27-22-26-32(34)35-4-2)31-25-21-20-24-30(29)31/h8-9,11-12,20-21,24-25,28H,3-7,10,13-19,22-23,26-27H2,1-2H3. The van der Waals surface area contributed by atoms with Gasteiger partial charge in [0.2, 0.25) is 0 Å². The van der Waals surface area contributed by atoms with Crippen LogP contribution in [0.25, 0.3) is 10.9 Å². The summed E-state index contributed by atoms with van der Waals surface area (Å²) in [5, 5.41) is 1.37. The molecule has 0 aliphatic heterocycles. The number of esters is 1. The molecule has 2 rings (SSSR count). The van der Waals surface area contributed by atoms with Gasteiger partial charge in [-0.15, -0.1) is 0 Å². The normalized spacial score (nSPS) is 11.8. The number of hydrogen-bond acceptors (Lipinski definition) is 2. The van der Waals surface area contributed by atoms with Gasteiger partial charge in [-0.05, 0) is 69.9 Å². The molecule has 0 aliphatic rings. The molecule has 3 heteroatoms. The van der Waals surface area contributed by atoms with Crippen LogP contribution in [0.1, 0.15) is 109 Å². The Kier molecular flexibility index (Phi) is 15.7. The summed E-state index contributed by atoms with van der Waals surface area (Å²) in [5.74, 6) is -0.0921. The van der Waals surface area contributed by atoms with Crippen molar-refractivity contribution in [2.75, 3.05) is 6.61 Å². The van der Waals surface area contributed by atoms with Gasteiger partial charge in [-0.25, -0.2) is 0 Å². The Balaban J connectivity index is 1.57. The SMILES string of the molecule is CCCCCC=CCC=CCCCCCCCCc1cn(CCCC(=O)OCC)c2ccccc12. The maximum Gasteiger partial charge on any atom is 0.305 e. The number of aryl methyl sites for hydroxylation is 2. The number of ether oxygens (including phenoxy) is 1. The van der Waals surface area contributed by atoms with Crippen molar-refractivity contribution in [3.05, 3.63) is 60.3 Å². The monoisotopic (exact) mass is 479 g/mol. The number of nitrogens with zero attached hydrogens (tertiary/aromatic N) is 1. The number of unbranched alkanes of at least 4 members (excludes halogenated alkanes) is 9. The van der Waals surface area contributed by atoms with Crippen molar-refractivity contribution in [1.29, 1.82) is 0 Å². The van der Waals surface area contributed by atoms with E-state index in [4.69, 9.17) is 4.74 Å². The van der Waals surface area contributed by atoms with Crippen LogP contribution in [-0.2, 0) is 22.5 Å². The van der Waals surface area contributed by atoms with Gasteiger partial charge < -0.3 is 9.30 Å². The molecule has 194 valence electrons. The first-order valence-corrected chi connectivity index (χ1v) is 14.3. The molecule has 0 N–H and O–H groups in total. The zero-order valence-corrected chi connectivity index (χ0v) is 22.5. The van der Waals surface area contributed by atoms with Crippen LogP contribution in [-0.4, -0.2) is 17.1 Å². The lowest BCUT2D eigenvalue weighted by molar-refractivity contribution is -0.143. The second-order valence-electron chi connectivity index (χ2n) is 9.61. The van der Waals surface area contributed by atoms with E-state index in [9.17, 15) is 4.79 Å². The Morgan fingerprint density at radius 1 is 0.829 bits per heavy atom. The number of fused-ring (bicyclic) bond motifs is 1. The van der Waals surface area contributed by atoms with Crippen molar-refractivity contribution in [3.8, 4) is 0 Å². The average Bonchev–Trinajstić information content (AvgIpc) is 3.21. The Hall–Kier alpha value is -2.29. The van der Waals surface area contributed by atoms with Crippen molar-refractivity contribution < 1.29 is 9.53 Å². The number of hydrogen-bond donors (Lipinski definition) is 0. The molecule has 0 amide bonds. The highest BCUT2D eigenvalue weighted by molar-refractivity contribution is 5.84. The van der Waals surface area contributed by atoms with Gasteiger partial charge in [-0.3, -0.25) is 4.79 Å². The van der Waals surface area contributed by atoms with Gasteiger partial charge in [0.25, 0.3) is 0 Å². The zero-order valence-electron chi connectivity index (χ0n) is 22.5. The molecule has 0 saturated carbocycles. The van der Waals surface area contributed by atoms with Gasteiger partial charge in [-0.1, -0.05) is 88.0 Å². The first-order chi connectivity index (χ1) is 17.3. The highest BCUT2D eigenvalue weighted by atomic mass is 16.5. The van der Waals surface area contributed by atoms with Crippen LogP contribution in [0, 0.1) is 0 Å². The molecule has 1 aromatic carbocycles. The lowest BCUT2D eigenvalue weighted by Gasteiger charge is -2.05. The average molecular weight is 480 g/mol. The molecular formula is C32H49NO2. The third-order valence-electron chi connectivity index (χ3n) is 6.60. The van der Waals surface area contributed by atoms with E-state index in [1.807, 2.05) is 6.92 Å². The van der Waals surface area contributed by atoms with Crippen molar-refractivity contribution in [2.24, 2.45) is 0 Å². The fourth-order valence-corrected chi connectivity index (χ4v) is 4.64. The number of carbonyl (C=O) groups excluding carboxylic acids is 1. The molecule has 0 aliphatic carbocycles. The van der Waals surface area contributed by atoms with Crippen LogP contribution in [0.15, 0.2) is 54.8 Å². The highest BCUT2D eigenvalue weighted by Crippen LogP contribution is 2.24. The Morgan fingerprint density at radius 2 is 1.51 bits per heavy atom. The maximum absolute atomic E-state index is 11.6. The van der Waals surface area contributed by atoms with E-state index >= 15 is 0 Å². The Labute approximate surface area is 214 Å². The number of carbonyl (C=O) groups is 1. The second-order valence-corrected chi connectivity index (χ2v) is 9.61. The van der Waals surface area contributed by atoms with Crippen LogP contribution in [0.5, 0.6) is 0 Å². The van der Waals surface area contributed by atoms with Crippen molar-refractivity contribution in [3.63, 3.8) is 0 Å². The summed E-state index contributed by atoms with van der Waals surface area (Å²) in [6.07, 6.45) is 29.5. The molecule has 3 nitrogen and oxygen atoms in total. The topological polar surface area (TPSA) is 31.2 Å². The molecule has 1 aromatic heterocycles. The van der Waals surface area contributed by atoms with Gasteiger partial charge in [0.1, 0.15) is 0 Å². The molecule has 0 spiro atoms. The minimum atomic E-state index is -0.0921. The van der Waals surface area contributed by atoms with E-state index in [1.54, 1.807) is 0 Å². The lowest BCUT2D eigenvalue weighted by Crippen LogP contribution is -2.06. The molecule has 0 radical (unpaired) electrons. The first-order valence-electron chi connectivity index (χ1n) is 14.3. The fraction of sp³-hybridized carbons (Fsp3) is 0.594. The van der Waals surface area contributed by atoms with Crippen molar-refractivity contribution in [1.82, 2.24) is 4.57 Å². The minimum Gasteiger partial charge on any atom is -0.466 e. The number of allylic oxidation sites excluding steroid dienone is 4. The summed E-state index contributed by atoms with van der Waals surface area (Å²) in [7, 11) is 0. The fourth-order valence-electron chi connectivity index (χ4n) is 4.64. The molecule has 0 atom stereocenters. The van der Waals surface area contributed by atoms with E-state index in [2.05, 4.69) is 66.3 Å². The molecule has 35 heavy (non-hydrogen) atoms. The molecule has 2 aromatic rings. The van der Waals surface area contributed by atoms with Gasteiger partial charge in [0, 0.05) is 30.1 Å². The lowest BCUT2D eigenvalue weighted by atomic mass is 10.0. The van der Waals surface area contributed by atoms with E-state index in [1.165, 1.54) is 87.1 Å². The highest BCUT2D eigenvalue weighted by Gasteiger charge is 2.09. The van der Waals surface area contributed by atoms with E-state index in [0.717, 1.165) is 25.8 Å². The Morgan fingerprint density at radius 3 is 2.26 bits per heavy atom. The molecule has 0 bridgehead atoms. The molecular weight excluding hydrogens is 430 g/mol. The summed E-state index contributed by atoms with van der Waals surface area (Å²) >= 11 is 0. The summed E-state index contributed by atoms with van der Waals surface area (Å²) in [5.41, 5.74) is 2.73. The third-order valence-corrected chi connectivity index (χ3v) is 6.60. The second kappa shape index (κ2) is 19.0. The first kappa shape index (κ1) is 28.9. The Bertz CT molecular complexity index is 877. The van der Waals surface area contributed by atoms with Crippen LogP contribution < -0.4 is 0 Å². The van der Waals surface area contributed by atoms with E-state index in [0.29, 0.717) is 13.0 Å². The number of rotatable bonds is 20. The summed E-state index contributed by atoms with van der Waals surface area (Å²) in [6.45, 7) is 5.44. The summed E-state index contributed by atoms with van der Waals surface area (Å²) in [6, 6.07) is 8.67. The molecule has 1 heterocycles. The minimum absolute atomic E-state index is 0.0921. The maximum atomic E-state index is 11.6. The largest absolute Gasteiger partial charge is 0.466 e. The van der Waals surface area contributed by atoms with Gasteiger partial charge >= 0.3 is 5.97 Å².